The third-order valence-corrected chi connectivity index (χ3v) is 3.38. The van der Waals surface area contributed by atoms with Gasteiger partial charge in [-0.3, -0.25) is 9.36 Å². The Bertz CT molecular complexity index is 310. The molecule has 7 heteroatoms. The van der Waals surface area contributed by atoms with Gasteiger partial charge in [0, 0.05) is 6.42 Å². The first-order valence-electron chi connectivity index (χ1n) is 6.44. The summed E-state index contributed by atoms with van der Waals surface area (Å²) in [6, 6.07) is 0. The van der Waals surface area contributed by atoms with Crippen LogP contribution in [0.3, 0.4) is 0 Å². The second-order valence-corrected chi connectivity index (χ2v) is 7.04. The molecule has 114 valence electrons. The van der Waals surface area contributed by atoms with Crippen molar-refractivity contribution in [2.75, 3.05) is 13.2 Å². The van der Waals surface area contributed by atoms with Gasteiger partial charge in [-0.05, 0) is 24.7 Å². The summed E-state index contributed by atoms with van der Waals surface area (Å²) in [4.78, 5) is 21.6. The van der Waals surface area contributed by atoms with Crippen LogP contribution in [0.15, 0.2) is 0 Å². The van der Waals surface area contributed by atoms with E-state index in [1.165, 1.54) is 0 Å². The van der Waals surface area contributed by atoms with E-state index < -0.39 is 13.8 Å². The van der Waals surface area contributed by atoms with Crippen molar-refractivity contribution in [3.8, 4) is 0 Å². The van der Waals surface area contributed by atoms with Gasteiger partial charge in [0.1, 0.15) is 0 Å². The summed E-state index contributed by atoms with van der Waals surface area (Å²) < 4.78 is 20.8. The minimum absolute atomic E-state index is 0.0107. The summed E-state index contributed by atoms with van der Waals surface area (Å²) in [5.41, 5.74) is 0.0107. The molecule has 6 nitrogen and oxygen atoms in total. The molecular weight excluding hydrogens is 271 g/mol. The average molecular weight is 295 g/mol. The standard InChI is InChI=1S/C12H25O6P/c1-12(2,3)8-10-18-19(15,16)17-9-6-4-5-7-11(13)14/h4-10H2,1-3H3,(H,13,14)(H,15,16)/p-1. The fourth-order valence-electron chi connectivity index (χ4n) is 1.23. The Kier molecular flexibility index (Phi) is 8.50. The molecule has 0 aromatic rings. The Labute approximate surface area is 114 Å². The van der Waals surface area contributed by atoms with Crippen molar-refractivity contribution >= 4 is 13.8 Å². The Morgan fingerprint density at radius 1 is 1.16 bits per heavy atom. The molecule has 0 aromatic heterocycles. The summed E-state index contributed by atoms with van der Waals surface area (Å²) in [5.74, 6) is -0.846. The summed E-state index contributed by atoms with van der Waals surface area (Å²) >= 11 is 0. The first-order valence-corrected chi connectivity index (χ1v) is 7.90. The number of carbonyl (C=O) groups is 1. The maximum Gasteiger partial charge on any atom is 0.303 e. The number of phosphoric ester groups is 1. The lowest BCUT2D eigenvalue weighted by Crippen LogP contribution is -2.14. The van der Waals surface area contributed by atoms with Gasteiger partial charge in [-0.2, -0.15) is 0 Å². The van der Waals surface area contributed by atoms with Crippen LogP contribution in [-0.2, 0) is 18.4 Å². The largest absolute Gasteiger partial charge is 0.756 e. The van der Waals surface area contributed by atoms with Crippen LogP contribution >= 0.6 is 7.82 Å². The van der Waals surface area contributed by atoms with E-state index in [-0.39, 0.29) is 25.0 Å². The maximum absolute atomic E-state index is 11.3. The average Bonchev–Trinajstić information content (AvgIpc) is 2.20. The van der Waals surface area contributed by atoms with Crippen molar-refractivity contribution < 1.29 is 28.4 Å². The van der Waals surface area contributed by atoms with Crippen LogP contribution in [-0.4, -0.2) is 24.3 Å². The maximum atomic E-state index is 11.3. The molecule has 0 saturated carbocycles. The number of carboxylic acid groups (broad SMARTS) is 1. The normalized spacial score (nSPS) is 15.2. The summed E-state index contributed by atoms with van der Waals surface area (Å²) in [6.45, 7) is 6.14. The van der Waals surface area contributed by atoms with Crippen molar-refractivity contribution in [2.24, 2.45) is 5.41 Å². The predicted molar refractivity (Wildman–Crippen MR) is 69.7 cm³/mol. The van der Waals surface area contributed by atoms with Gasteiger partial charge >= 0.3 is 5.97 Å². The van der Waals surface area contributed by atoms with Gasteiger partial charge in [0.25, 0.3) is 7.82 Å². The molecule has 19 heavy (non-hydrogen) atoms. The monoisotopic (exact) mass is 295 g/mol. The third kappa shape index (κ3) is 13.8. The van der Waals surface area contributed by atoms with E-state index >= 15 is 0 Å². The number of carboxylic acids is 1. The molecular formula is C12H24O6P-. The lowest BCUT2D eigenvalue weighted by Gasteiger charge is -2.25. The van der Waals surface area contributed by atoms with E-state index in [1.54, 1.807) is 0 Å². The van der Waals surface area contributed by atoms with Crippen molar-refractivity contribution in [1.82, 2.24) is 0 Å². The number of hydrogen-bond acceptors (Lipinski definition) is 5. The molecule has 1 N–H and O–H groups in total. The highest BCUT2D eigenvalue weighted by Gasteiger charge is 2.14. The summed E-state index contributed by atoms with van der Waals surface area (Å²) in [5, 5.41) is 8.42. The minimum atomic E-state index is -4.21. The van der Waals surface area contributed by atoms with Gasteiger partial charge in [0.15, 0.2) is 0 Å². The van der Waals surface area contributed by atoms with Crippen LogP contribution in [0.5, 0.6) is 0 Å². The third-order valence-electron chi connectivity index (χ3n) is 2.39. The van der Waals surface area contributed by atoms with E-state index in [9.17, 15) is 14.3 Å². The summed E-state index contributed by atoms with van der Waals surface area (Å²) in [6.07, 6.45) is 2.36. The molecule has 0 rings (SSSR count). The minimum Gasteiger partial charge on any atom is -0.756 e. The van der Waals surface area contributed by atoms with Crippen LogP contribution in [0.25, 0.3) is 0 Å². The number of hydrogen-bond donors (Lipinski definition) is 1. The van der Waals surface area contributed by atoms with Crippen LogP contribution in [0, 0.1) is 5.41 Å². The lowest BCUT2D eigenvalue weighted by molar-refractivity contribution is -0.225. The molecule has 0 aliphatic carbocycles. The highest BCUT2D eigenvalue weighted by molar-refractivity contribution is 7.45. The molecule has 0 amide bonds. The molecule has 0 aliphatic heterocycles. The molecule has 0 saturated heterocycles. The molecule has 0 heterocycles. The number of aliphatic carboxylic acids is 1. The number of unbranched alkanes of at least 4 members (excludes halogenated alkanes) is 2. The summed E-state index contributed by atoms with van der Waals surface area (Å²) in [7, 11) is -4.21. The highest BCUT2D eigenvalue weighted by Crippen LogP contribution is 2.39. The smallest absolute Gasteiger partial charge is 0.303 e. The van der Waals surface area contributed by atoms with Crippen LogP contribution < -0.4 is 4.89 Å². The quantitative estimate of drug-likeness (QED) is 0.491. The van der Waals surface area contributed by atoms with Crippen LogP contribution in [0.4, 0.5) is 0 Å². The molecule has 1 unspecified atom stereocenters. The van der Waals surface area contributed by atoms with E-state index in [0.29, 0.717) is 25.7 Å². The molecule has 0 aromatic carbocycles. The Balaban J connectivity index is 3.62. The zero-order chi connectivity index (χ0) is 14.9. The van der Waals surface area contributed by atoms with E-state index in [1.807, 2.05) is 20.8 Å². The first kappa shape index (κ1) is 18.6. The number of phosphoric acid groups is 1. The second-order valence-electron chi connectivity index (χ2n) is 5.63. The van der Waals surface area contributed by atoms with Crippen LogP contribution in [0.2, 0.25) is 0 Å². The van der Waals surface area contributed by atoms with E-state index in [0.717, 1.165) is 0 Å². The van der Waals surface area contributed by atoms with Gasteiger partial charge in [0.2, 0.25) is 0 Å². The van der Waals surface area contributed by atoms with Gasteiger partial charge in [-0.25, -0.2) is 0 Å². The molecule has 0 aliphatic rings. The molecule has 1 atom stereocenters. The van der Waals surface area contributed by atoms with Gasteiger partial charge in [0.05, 0.1) is 13.2 Å². The van der Waals surface area contributed by atoms with Crippen molar-refractivity contribution in [3.63, 3.8) is 0 Å². The second kappa shape index (κ2) is 8.69. The topological polar surface area (TPSA) is 95.9 Å². The van der Waals surface area contributed by atoms with E-state index in [2.05, 4.69) is 4.52 Å². The molecule has 0 radical (unpaired) electrons. The Morgan fingerprint density at radius 2 is 1.74 bits per heavy atom. The zero-order valence-corrected chi connectivity index (χ0v) is 12.8. The fraction of sp³-hybridized carbons (Fsp3) is 0.917. The van der Waals surface area contributed by atoms with Gasteiger partial charge in [-0.15, -0.1) is 0 Å². The van der Waals surface area contributed by atoms with Crippen molar-refractivity contribution in [3.05, 3.63) is 0 Å². The fourth-order valence-corrected chi connectivity index (χ4v) is 1.97. The Morgan fingerprint density at radius 3 is 2.26 bits per heavy atom. The highest BCUT2D eigenvalue weighted by atomic mass is 31.2. The van der Waals surface area contributed by atoms with Crippen LogP contribution in [0.1, 0.15) is 52.9 Å². The first-order chi connectivity index (χ1) is 8.62. The molecule has 0 spiro atoms. The Hall–Kier alpha value is -0.420. The predicted octanol–water partition coefficient (Wildman–Crippen LogP) is 2.57. The SMILES string of the molecule is CC(C)(C)CCOP(=O)([O-])OCCCCCC(=O)O. The molecule has 0 fully saturated rings. The van der Waals surface area contributed by atoms with Crippen molar-refractivity contribution in [2.45, 2.75) is 52.9 Å². The zero-order valence-electron chi connectivity index (χ0n) is 11.9. The van der Waals surface area contributed by atoms with Gasteiger partial charge in [-0.1, -0.05) is 27.2 Å². The lowest BCUT2D eigenvalue weighted by atomic mass is 9.93. The van der Waals surface area contributed by atoms with Gasteiger partial charge < -0.3 is 19.0 Å². The van der Waals surface area contributed by atoms with E-state index in [4.69, 9.17) is 9.63 Å². The molecule has 0 bridgehead atoms. The number of rotatable bonds is 10. The van der Waals surface area contributed by atoms with Crippen molar-refractivity contribution in [1.29, 1.82) is 0 Å².